The molecule has 3 aromatic rings. The summed E-state index contributed by atoms with van der Waals surface area (Å²) in [5.74, 6) is -0.349. The van der Waals surface area contributed by atoms with Crippen LogP contribution in [-0.4, -0.2) is 55.2 Å². The van der Waals surface area contributed by atoms with Gasteiger partial charge in [0.25, 0.3) is 5.91 Å². The second-order valence-electron chi connectivity index (χ2n) is 9.33. The third-order valence-corrected chi connectivity index (χ3v) is 6.77. The van der Waals surface area contributed by atoms with Gasteiger partial charge < -0.3 is 15.3 Å². The smallest absolute Gasteiger partial charge is 0.256 e. The number of carbonyl (C=O) groups excluding carboxylic acids is 1. The number of aliphatic hydroxyl groups is 1. The van der Waals surface area contributed by atoms with Crippen molar-refractivity contribution in [1.82, 2.24) is 10.2 Å². The number of hydrogen-bond donors (Lipinski definition) is 2. The molecule has 1 amide bonds. The number of fused-ring (bicyclic) bond motifs is 1. The molecule has 5 nitrogen and oxygen atoms in total. The van der Waals surface area contributed by atoms with E-state index in [2.05, 4.69) is 47.2 Å². The van der Waals surface area contributed by atoms with Crippen LogP contribution >= 0.6 is 0 Å². The van der Waals surface area contributed by atoms with Crippen molar-refractivity contribution in [2.24, 2.45) is 0 Å². The summed E-state index contributed by atoms with van der Waals surface area (Å²) in [4.78, 5) is 17.8. The summed E-state index contributed by atoms with van der Waals surface area (Å²) in [5, 5.41) is 15.9. The summed E-state index contributed by atoms with van der Waals surface area (Å²) in [5.41, 5.74) is 3.04. The van der Waals surface area contributed by atoms with Gasteiger partial charge in [0.1, 0.15) is 0 Å². The van der Waals surface area contributed by atoms with Crippen LogP contribution in [0.1, 0.15) is 30.0 Å². The average Bonchev–Trinajstić information content (AvgIpc) is 2.83. The van der Waals surface area contributed by atoms with E-state index >= 15 is 0 Å². The molecule has 5 heteroatoms. The van der Waals surface area contributed by atoms with Crippen LogP contribution in [0.15, 0.2) is 60.7 Å². The molecule has 0 bridgehead atoms. The lowest BCUT2D eigenvalue weighted by Crippen LogP contribution is -2.47. The van der Waals surface area contributed by atoms with Gasteiger partial charge in [-0.05, 0) is 61.7 Å². The monoisotopic (exact) mass is 445 g/mol. The van der Waals surface area contributed by atoms with Crippen LogP contribution in [0.4, 0.5) is 5.69 Å². The Morgan fingerprint density at radius 2 is 1.73 bits per heavy atom. The Labute approximate surface area is 197 Å². The van der Waals surface area contributed by atoms with Crippen LogP contribution < -0.4 is 10.2 Å². The lowest BCUT2D eigenvalue weighted by atomic mass is 9.90. The van der Waals surface area contributed by atoms with E-state index in [-0.39, 0.29) is 5.91 Å². The van der Waals surface area contributed by atoms with E-state index in [0.29, 0.717) is 12.1 Å². The van der Waals surface area contributed by atoms with Crippen molar-refractivity contribution in [3.8, 4) is 0 Å². The summed E-state index contributed by atoms with van der Waals surface area (Å²) in [6.07, 6.45) is 0.862. The predicted molar refractivity (Wildman–Crippen MR) is 136 cm³/mol. The fourth-order valence-electron chi connectivity index (χ4n) is 4.72. The van der Waals surface area contributed by atoms with Crippen molar-refractivity contribution in [2.75, 3.05) is 44.2 Å². The summed E-state index contributed by atoms with van der Waals surface area (Å²) >= 11 is 0. The van der Waals surface area contributed by atoms with Gasteiger partial charge in [-0.25, -0.2) is 0 Å². The predicted octanol–water partition coefficient (Wildman–Crippen LogP) is 3.99. The summed E-state index contributed by atoms with van der Waals surface area (Å²) < 4.78 is 0. The second-order valence-corrected chi connectivity index (χ2v) is 9.33. The minimum Gasteiger partial charge on any atom is -0.376 e. The number of carbonyl (C=O) groups is 1. The summed E-state index contributed by atoms with van der Waals surface area (Å²) in [6.45, 7) is 11.5. The van der Waals surface area contributed by atoms with Gasteiger partial charge in [0.15, 0.2) is 5.60 Å². The fourth-order valence-corrected chi connectivity index (χ4v) is 4.72. The van der Waals surface area contributed by atoms with Crippen molar-refractivity contribution in [3.05, 3.63) is 77.4 Å². The van der Waals surface area contributed by atoms with Crippen molar-refractivity contribution in [2.45, 2.75) is 32.8 Å². The number of anilines is 1. The van der Waals surface area contributed by atoms with Gasteiger partial charge in [-0.1, -0.05) is 54.6 Å². The third kappa shape index (κ3) is 5.21. The van der Waals surface area contributed by atoms with E-state index in [1.54, 1.807) is 6.92 Å². The molecule has 174 valence electrons. The lowest BCUT2D eigenvalue weighted by Gasteiger charge is -2.37. The van der Waals surface area contributed by atoms with Crippen LogP contribution in [0.5, 0.6) is 0 Å². The van der Waals surface area contributed by atoms with Crippen LogP contribution in [0, 0.1) is 13.8 Å². The van der Waals surface area contributed by atoms with Gasteiger partial charge in [-0.3, -0.25) is 9.69 Å². The van der Waals surface area contributed by atoms with Crippen molar-refractivity contribution < 1.29 is 9.90 Å². The summed E-state index contributed by atoms with van der Waals surface area (Å²) in [7, 11) is 0. The van der Waals surface area contributed by atoms with E-state index in [0.717, 1.165) is 49.9 Å². The first kappa shape index (κ1) is 23.3. The van der Waals surface area contributed by atoms with Crippen LogP contribution in [0.25, 0.3) is 10.8 Å². The van der Waals surface area contributed by atoms with Crippen molar-refractivity contribution in [1.29, 1.82) is 0 Å². The molecule has 0 aromatic heterocycles. The molecule has 2 N–H and O–H groups in total. The molecule has 0 saturated carbocycles. The molecular formula is C28H35N3O2. The first-order chi connectivity index (χ1) is 15.9. The quantitative estimate of drug-likeness (QED) is 0.540. The van der Waals surface area contributed by atoms with E-state index in [1.807, 2.05) is 42.5 Å². The SMILES string of the molecule is Cc1ccc(C)c(N2CCN(CCCNC(=O)C(C)(O)c3cccc4ccccc34)CC2)c1. The Kier molecular flexibility index (Phi) is 7.01. The maximum absolute atomic E-state index is 12.8. The topological polar surface area (TPSA) is 55.8 Å². The number of aryl methyl sites for hydroxylation is 2. The van der Waals surface area contributed by atoms with Crippen LogP contribution in [0.2, 0.25) is 0 Å². The molecule has 0 spiro atoms. The first-order valence-corrected chi connectivity index (χ1v) is 11.9. The Hall–Kier alpha value is -2.89. The number of amides is 1. The Morgan fingerprint density at radius 3 is 2.52 bits per heavy atom. The Bertz CT molecular complexity index is 1110. The molecule has 4 rings (SSSR count). The molecule has 3 aromatic carbocycles. The molecule has 1 aliphatic rings. The highest BCUT2D eigenvalue weighted by Crippen LogP contribution is 2.29. The number of rotatable bonds is 7. The maximum Gasteiger partial charge on any atom is 0.256 e. The van der Waals surface area contributed by atoms with Gasteiger partial charge in [0, 0.05) is 44.0 Å². The fraction of sp³-hybridized carbons (Fsp3) is 0.393. The standard InChI is InChI=1S/C28H35N3O2/c1-21-12-13-22(2)26(20-21)31-18-16-30(17-19-31)15-7-14-29-27(32)28(3,33)25-11-6-9-23-8-4-5-10-24(23)25/h4-6,8-13,20,33H,7,14-19H2,1-3H3,(H,29,32). The number of nitrogens with one attached hydrogen (secondary N) is 1. The maximum atomic E-state index is 12.8. The van der Waals surface area contributed by atoms with Gasteiger partial charge >= 0.3 is 0 Å². The van der Waals surface area contributed by atoms with Gasteiger partial charge in [0.2, 0.25) is 0 Å². The average molecular weight is 446 g/mol. The number of nitrogens with zero attached hydrogens (tertiary/aromatic N) is 2. The van der Waals surface area contributed by atoms with Crippen molar-refractivity contribution >= 4 is 22.4 Å². The van der Waals surface area contributed by atoms with E-state index in [1.165, 1.54) is 16.8 Å². The number of hydrogen-bond acceptors (Lipinski definition) is 4. The molecule has 1 heterocycles. The minimum atomic E-state index is -1.57. The second kappa shape index (κ2) is 9.94. The zero-order chi connectivity index (χ0) is 23.4. The number of piperazine rings is 1. The third-order valence-electron chi connectivity index (χ3n) is 6.77. The minimum absolute atomic E-state index is 0.349. The van der Waals surface area contributed by atoms with Gasteiger partial charge in [-0.2, -0.15) is 0 Å². The Morgan fingerprint density at radius 1 is 1.00 bits per heavy atom. The van der Waals surface area contributed by atoms with E-state index in [4.69, 9.17) is 0 Å². The highest BCUT2D eigenvalue weighted by molar-refractivity contribution is 5.94. The van der Waals surface area contributed by atoms with Crippen molar-refractivity contribution in [3.63, 3.8) is 0 Å². The van der Waals surface area contributed by atoms with Crippen LogP contribution in [0.3, 0.4) is 0 Å². The van der Waals surface area contributed by atoms with E-state index in [9.17, 15) is 9.90 Å². The molecule has 1 saturated heterocycles. The molecule has 1 unspecified atom stereocenters. The van der Waals surface area contributed by atoms with E-state index < -0.39 is 5.60 Å². The van der Waals surface area contributed by atoms with Gasteiger partial charge in [0.05, 0.1) is 0 Å². The molecule has 33 heavy (non-hydrogen) atoms. The zero-order valence-electron chi connectivity index (χ0n) is 20.0. The first-order valence-electron chi connectivity index (χ1n) is 11.9. The summed E-state index contributed by atoms with van der Waals surface area (Å²) in [6, 6.07) is 20.2. The lowest BCUT2D eigenvalue weighted by molar-refractivity contribution is -0.138. The van der Waals surface area contributed by atoms with Gasteiger partial charge in [-0.15, -0.1) is 0 Å². The normalized spacial score (nSPS) is 16.5. The Balaban J connectivity index is 1.25. The number of benzene rings is 3. The molecule has 0 radical (unpaired) electrons. The highest BCUT2D eigenvalue weighted by atomic mass is 16.3. The molecule has 1 atom stereocenters. The molecule has 1 fully saturated rings. The van der Waals surface area contributed by atoms with Crippen LogP contribution in [-0.2, 0) is 10.4 Å². The largest absolute Gasteiger partial charge is 0.376 e. The zero-order valence-corrected chi connectivity index (χ0v) is 20.0. The highest BCUT2D eigenvalue weighted by Gasteiger charge is 2.33. The molecule has 1 aliphatic heterocycles. The molecular weight excluding hydrogens is 410 g/mol. The molecule has 0 aliphatic carbocycles.